The van der Waals surface area contributed by atoms with Crippen LogP contribution in [0.1, 0.15) is 31.7 Å². The molecule has 166 valence electrons. The number of alkyl halides is 1. The first-order chi connectivity index (χ1) is 14.0. The molecule has 2 fully saturated rings. The molecule has 1 unspecified atom stereocenters. The van der Waals surface area contributed by atoms with Crippen molar-refractivity contribution in [2.75, 3.05) is 40.0 Å². The maximum atomic E-state index is 12.5. The van der Waals surface area contributed by atoms with E-state index >= 15 is 0 Å². The SMILES string of the molecule is CCn1cc(CN2CCC3(CC2)CC(N(C)CCF)CO3)cn1.O=CO.O=CO. The number of halogens is 1. The molecule has 1 aromatic rings. The van der Waals surface area contributed by atoms with E-state index in [1.54, 1.807) is 0 Å². The summed E-state index contributed by atoms with van der Waals surface area (Å²) in [6.45, 7) is 6.62. The first-order valence-electron chi connectivity index (χ1n) is 9.77. The standard InChI is InChI=1S/C17H29FN4O.2CH2O2/c1-3-22-13-15(11-19-22)12-21-7-4-17(5-8-21)10-16(14-23-17)20(2)9-6-18;2*2-1-3/h11,13,16H,3-10,12,14H2,1-2H3;2*1H,(H,2,3). The number of aryl methyl sites for hydroxylation is 1. The van der Waals surface area contributed by atoms with E-state index in [0.29, 0.717) is 12.6 Å². The third-order valence-corrected chi connectivity index (χ3v) is 5.43. The van der Waals surface area contributed by atoms with Gasteiger partial charge in [0, 0.05) is 50.5 Å². The van der Waals surface area contributed by atoms with Crippen molar-refractivity contribution in [3.8, 4) is 0 Å². The van der Waals surface area contributed by atoms with Crippen LogP contribution in [-0.4, -0.2) is 94.3 Å². The Hall–Kier alpha value is -2.04. The highest BCUT2D eigenvalue weighted by Gasteiger charge is 2.43. The average molecular weight is 416 g/mol. The van der Waals surface area contributed by atoms with E-state index in [-0.39, 0.29) is 25.2 Å². The summed E-state index contributed by atoms with van der Waals surface area (Å²) in [4.78, 5) is 21.3. The Morgan fingerprint density at radius 2 is 1.97 bits per heavy atom. The van der Waals surface area contributed by atoms with Gasteiger partial charge in [0.25, 0.3) is 12.9 Å². The molecule has 2 aliphatic rings. The summed E-state index contributed by atoms with van der Waals surface area (Å²) < 4.78 is 20.7. The lowest BCUT2D eigenvalue weighted by molar-refractivity contribution is -0.123. The normalized spacial score (nSPS) is 20.5. The molecule has 29 heavy (non-hydrogen) atoms. The Kier molecular flexibility index (Phi) is 11.4. The van der Waals surface area contributed by atoms with Gasteiger partial charge in [-0.2, -0.15) is 5.10 Å². The van der Waals surface area contributed by atoms with Gasteiger partial charge < -0.3 is 14.9 Å². The minimum atomic E-state index is -0.279. The second kappa shape index (κ2) is 13.2. The van der Waals surface area contributed by atoms with Crippen LogP contribution >= 0.6 is 0 Å². The molecule has 0 bridgehead atoms. The molecule has 3 rings (SSSR count). The van der Waals surface area contributed by atoms with E-state index in [1.807, 2.05) is 17.9 Å². The molecule has 0 saturated carbocycles. The zero-order chi connectivity index (χ0) is 21.7. The number of likely N-dealkylation sites (tertiary alicyclic amines) is 1. The van der Waals surface area contributed by atoms with Gasteiger partial charge in [-0.15, -0.1) is 0 Å². The van der Waals surface area contributed by atoms with Crippen molar-refractivity contribution < 1.29 is 28.9 Å². The Bertz CT molecular complexity index is 587. The largest absolute Gasteiger partial charge is 0.483 e. The highest BCUT2D eigenvalue weighted by atomic mass is 19.1. The van der Waals surface area contributed by atoms with E-state index < -0.39 is 0 Å². The summed E-state index contributed by atoms with van der Waals surface area (Å²) in [6.07, 6.45) is 7.31. The highest BCUT2D eigenvalue weighted by molar-refractivity contribution is 5.33. The van der Waals surface area contributed by atoms with Crippen molar-refractivity contribution in [2.45, 2.75) is 50.9 Å². The molecule has 1 aromatic heterocycles. The summed E-state index contributed by atoms with van der Waals surface area (Å²) in [5.74, 6) is 0. The molecule has 10 heteroatoms. The molecular formula is C19H33FN4O5. The molecule has 1 atom stereocenters. The zero-order valence-electron chi connectivity index (χ0n) is 17.2. The molecular weight excluding hydrogens is 383 g/mol. The number of carboxylic acid groups (broad SMARTS) is 2. The van der Waals surface area contributed by atoms with Gasteiger partial charge in [-0.1, -0.05) is 0 Å². The van der Waals surface area contributed by atoms with Crippen LogP contribution in [0.2, 0.25) is 0 Å². The second-order valence-electron chi connectivity index (χ2n) is 7.21. The Morgan fingerprint density at radius 1 is 1.34 bits per heavy atom. The third-order valence-electron chi connectivity index (χ3n) is 5.43. The maximum absolute atomic E-state index is 12.5. The first kappa shape index (κ1) is 25.0. The van der Waals surface area contributed by atoms with Gasteiger partial charge >= 0.3 is 0 Å². The lowest BCUT2D eigenvalue weighted by Gasteiger charge is -2.38. The van der Waals surface area contributed by atoms with Crippen LogP contribution in [0.5, 0.6) is 0 Å². The summed E-state index contributed by atoms with van der Waals surface area (Å²) in [7, 11) is 2.01. The highest BCUT2D eigenvalue weighted by Crippen LogP contribution is 2.37. The number of carbonyl (C=O) groups is 2. The quantitative estimate of drug-likeness (QED) is 0.669. The van der Waals surface area contributed by atoms with E-state index in [1.165, 1.54) is 5.56 Å². The molecule has 3 heterocycles. The summed E-state index contributed by atoms with van der Waals surface area (Å²) >= 11 is 0. The van der Waals surface area contributed by atoms with Crippen LogP contribution in [-0.2, 0) is 27.4 Å². The number of aromatic nitrogens is 2. The van der Waals surface area contributed by atoms with Gasteiger partial charge in [-0.3, -0.25) is 24.1 Å². The second-order valence-corrected chi connectivity index (χ2v) is 7.21. The summed E-state index contributed by atoms with van der Waals surface area (Å²) in [6, 6.07) is 0.375. The monoisotopic (exact) mass is 416 g/mol. The molecule has 2 aliphatic heterocycles. The van der Waals surface area contributed by atoms with Gasteiger partial charge in [0.2, 0.25) is 0 Å². The Balaban J connectivity index is 0.000000626. The van der Waals surface area contributed by atoms with Crippen molar-refractivity contribution in [1.29, 1.82) is 0 Å². The maximum Gasteiger partial charge on any atom is 0.290 e. The molecule has 0 radical (unpaired) electrons. The molecule has 0 aliphatic carbocycles. The number of hydrogen-bond acceptors (Lipinski definition) is 6. The van der Waals surface area contributed by atoms with Gasteiger partial charge in [0.1, 0.15) is 6.67 Å². The average Bonchev–Trinajstić information content (AvgIpc) is 3.33. The van der Waals surface area contributed by atoms with Gasteiger partial charge in [-0.25, -0.2) is 4.39 Å². The number of rotatable bonds is 6. The zero-order valence-corrected chi connectivity index (χ0v) is 17.2. The van der Waals surface area contributed by atoms with Crippen LogP contribution in [0.25, 0.3) is 0 Å². The lowest BCUT2D eigenvalue weighted by atomic mass is 9.87. The van der Waals surface area contributed by atoms with Gasteiger partial charge in [0.15, 0.2) is 0 Å². The van der Waals surface area contributed by atoms with Crippen molar-refractivity contribution in [3.63, 3.8) is 0 Å². The number of hydrogen-bond donors (Lipinski definition) is 2. The Labute approximate surface area is 171 Å². The predicted octanol–water partition coefficient (Wildman–Crippen LogP) is 1.33. The third kappa shape index (κ3) is 8.08. The van der Waals surface area contributed by atoms with Crippen LogP contribution < -0.4 is 0 Å². The van der Waals surface area contributed by atoms with Crippen LogP contribution in [0.4, 0.5) is 4.39 Å². The molecule has 0 aromatic carbocycles. The molecule has 0 amide bonds. The molecule has 1 spiro atoms. The van der Waals surface area contributed by atoms with Crippen molar-refractivity contribution in [3.05, 3.63) is 18.0 Å². The minimum absolute atomic E-state index is 0.0271. The lowest BCUT2D eigenvalue weighted by Crippen LogP contribution is -2.44. The number of piperidine rings is 1. The molecule has 2 N–H and O–H groups in total. The fraction of sp³-hybridized carbons (Fsp3) is 0.737. The number of ether oxygens (including phenoxy) is 1. The molecule has 9 nitrogen and oxygen atoms in total. The number of nitrogens with zero attached hydrogens (tertiary/aromatic N) is 4. The Morgan fingerprint density at radius 3 is 2.48 bits per heavy atom. The van der Waals surface area contributed by atoms with Crippen LogP contribution in [0.15, 0.2) is 12.4 Å². The van der Waals surface area contributed by atoms with Crippen molar-refractivity contribution >= 4 is 12.9 Å². The fourth-order valence-corrected chi connectivity index (χ4v) is 3.81. The van der Waals surface area contributed by atoms with Gasteiger partial charge in [-0.05, 0) is 33.2 Å². The van der Waals surface area contributed by atoms with E-state index in [9.17, 15) is 4.39 Å². The summed E-state index contributed by atoms with van der Waals surface area (Å²) in [5.41, 5.74) is 1.31. The van der Waals surface area contributed by atoms with Crippen LogP contribution in [0, 0.1) is 0 Å². The van der Waals surface area contributed by atoms with Crippen molar-refractivity contribution in [2.24, 2.45) is 0 Å². The number of likely N-dealkylation sites (N-methyl/N-ethyl adjacent to an activating group) is 1. The first-order valence-corrected chi connectivity index (χ1v) is 9.77. The fourth-order valence-electron chi connectivity index (χ4n) is 3.81. The van der Waals surface area contributed by atoms with E-state index in [0.717, 1.165) is 52.0 Å². The smallest absolute Gasteiger partial charge is 0.290 e. The predicted molar refractivity (Wildman–Crippen MR) is 105 cm³/mol. The topological polar surface area (TPSA) is 108 Å². The van der Waals surface area contributed by atoms with E-state index in [2.05, 4.69) is 28.0 Å². The van der Waals surface area contributed by atoms with Crippen LogP contribution in [0.3, 0.4) is 0 Å². The van der Waals surface area contributed by atoms with E-state index in [4.69, 9.17) is 24.5 Å². The summed E-state index contributed by atoms with van der Waals surface area (Å²) in [5, 5.41) is 18.1. The molecule has 2 saturated heterocycles. The minimum Gasteiger partial charge on any atom is -0.483 e. The van der Waals surface area contributed by atoms with Gasteiger partial charge in [0.05, 0.1) is 18.4 Å². The van der Waals surface area contributed by atoms with Crippen molar-refractivity contribution in [1.82, 2.24) is 19.6 Å².